The van der Waals surface area contributed by atoms with Gasteiger partial charge in [-0.05, 0) is 36.4 Å². The van der Waals surface area contributed by atoms with Gasteiger partial charge in [-0.3, -0.25) is 0 Å². The number of hydrogen-bond acceptors (Lipinski definition) is 3. The molecule has 0 heterocycles. The molecule has 0 atom stereocenters. The minimum absolute atomic E-state index is 0. The van der Waals surface area contributed by atoms with Crippen LogP contribution in [0.5, 0.6) is 17.2 Å². The Labute approximate surface area is 134 Å². The summed E-state index contributed by atoms with van der Waals surface area (Å²) in [5.74, 6) is 0.965. The second kappa shape index (κ2) is 12.2. The second-order valence-electron chi connectivity index (χ2n) is 4.01. The fourth-order valence-electron chi connectivity index (χ4n) is 1.28. The van der Waals surface area contributed by atoms with Crippen LogP contribution in [0.15, 0.2) is 91.0 Å². The van der Waals surface area contributed by atoms with Gasteiger partial charge in [0.25, 0.3) is 0 Å². The van der Waals surface area contributed by atoms with Crippen LogP contribution in [-0.2, 0) is 0 Å². The van der Waals surface area contributed by atoms with Crippen molar-refractivity contribution >= 4 is 9.90 Å². The summed E-state index contributed by atoms with van der Waals surface area (Å²) in [6.45, 7) is 0. The highest BCUT2D eigenvalue weighted by Gasteiger charge is 1.76. The van der Waals surface area contributed by atoms with Gasteiger partial charge in [0.2, 0.25) is 0 Å². The standard InChI is InChI=1S/3C6H6O.P/c3*7-6-4-2-1-3-5-6;/h3*1-5,7H;. The minimum atomic E-state index is 0. The SMILES string of the molecule is Oc1ccccc1.Oc1ccccc1.Oc1ccccc1.[P]. The molecule has 0 fully saturated rings. The van der Waals surface area contributed by atoms with E-state index in [9.17, 15) is 0 Å². The molecule has 0 saturated carbocycles. The van der Waals surface area contributed by atoms with Crippen molar-refractivity contribution in [3.05, 3.63) is 91.0 Å². The molecule has 3 aromatic rings. The summed E-state index contributed by atoms with van der Waals surface area (Å²) in [5.41, 5.74) is 0. The van der Waals surface area contributed by atoms with Crippen LogP contribution >= 0.6 is 9.90 Å². The van der Waals surface area contributed by atoms with E-state index in [4.69, 9.17) is 15.3 Å². The van der Waals surface area contributed by atoms with Crippen LogP contribution in [0.4, 0.5) is 0 Å². The van der Waals surface area contributed by atoms with E-state index < -0.39 is 0 Å². The lowest BCUT2D eigenvalue weighted by Gasteiger charge is -1.82. The molecule has 0 spiro atoms. The third kappa shape index (κ3) is 10.3. The first-order valence-electron chi connectivity index (χ1n) is 6.40. The lowest BCUT2D eigenvalue weighted by molar-refractivity contribution is 0.475. The van der Waals surface area contributed by atoms with E-state index >= 15 is 0 Å². The molecule has 3 N–H and O–H groups in total. The summed E-state index contributed by atoms with van der Waals surface area (Å²) in [4.78, 5) is 0. The van der Waals surface area contributed by atoms with Crippen LogP contribution in [0, 0.1) is 0 Å². The van der Waals surface area contributed by atoms with Gasteiger partial charge in [-0.2, -0.15) is 0 Å². The van der Waals surface area contributed by atoms with Crippen LogP contribution < -0.4 is 0 Å². The van der Waals surface area contributed by atoms with E-state index in [1.165, 1.54) is 0 Å². The normalized spacial score (nSPS) is 8.18. The highest BCUT2D eigenvalue weighted by molar-refractivity contribution is 6.92. The van der Waals surface area contributed by atoms with E-state index in [0.29, 0.717) is 17.2 Å². The van der Waals surface area contributed by atoms with Crippen molar-refractivity contribution in [3.8, 4) is 17.2 Å². The predicted octanol–water partition coefficient (Wildman–Crippen LogP) is 5.04. The Bertz CT molecular complexity index is 497. The van der Waals surface area contributed by atoms with Crippen molar-refractivity contribution in [2.45, 2.75) is 0 Å². The summed E-state index contributed by atoms with van der Waals surface area (Å²) in [6.07, 6.45) is 0. The Morgan fingerprint density at radius 1 is 0.364 bits per heavy atom. The van der Waals surface area contributed by atoms with Crippen LogP contribution in [0.1, 0.15) is 0 Å². The monoisotopic (exact) mass is 313 g/mol. The lowest BCUT2D eigenvalue weighted by atomic mass is 10.3. The highest BCUT2D eigenvalue weighted by atomic mass is 31.0. The molecule has 22 heavy (non-hydrogen) atoms. The van der Waals surface area contributed by atoms with Gasteiger partial charge in [0, 0.05) is 9.90 Å². The van der Waals surface area contributed by atoms with E-state index in [0.717, 1.165) is 0 Å². The number of hydrogen-bond donors (Lipinski definition) is 3. The Hall–Kier alpha value is -2.51. The van der Waals surface area contributed by atoms with Crippen LogP contribution in [0.2, 0.25) is 0 Å². The smallest absolute Gasteiger partial charge is 0.115 e. The zero-order valence-electron chi connectivity index (χ0n) is 11.9. The molecular weight excluding hydrogens is 295 g/mol. The summed E-state index contributed by atoms with van der Waals surface area (Å²) >= 11 is 0. The molecule has 3 nitrogen and oxygen atoms in total. The van der Waals surface area contributed by atoms with Crippen molar-refractivity contribution in [1.82, 2.24) is 0 Å². The van der Waals surface area contributed by atoms with Crippen molar-refractivity contribution in [2.24, 2.45) is 0 Å². The quantitative estimate of drug-likeness (QED) is 0.510. The molecular formula is C18H18O3P. The van der Waals surface area contributed by atoms with Gasteiger partial charge in [-0.25, -0.2) is 0 Å². The van der Waals surface area contributed by atoms with Gasteiger partial charge in [0.1, 0.15) is 17.2 Å². The Kier molecular flexibility index (Phi) is 10.9. The molecule has 0 aromatic heterocycles. The molecule has 0 aliphatic carbocycles. The predicted molar refractivity (Wildman–Crippen MR) is 91.2 cm³/mol. The zero-order chi connectivity index (χ0) is 15.3. The largest absolute Gasteiger partial charge is 0.508 e. The van der Waals surface area contributed by atoms with Gasteiger partial charge in [-0.15, -0.1) is 0 Å². The summed E-state index contributed by atoms with van der Waals surface area (Å²) in [7, 11) is 0. The number of benzene rings is 3. The summed E-state index contributed by atoms with van der Waals surface area (Å²) in [6, 6.07) is 26.1. The number of aromatic hydroxyl groups is 3. The second-order valence-corrected chi connectivity index (χ2v) is 4.01. The highest BCUT2D eigenvalue weighted by Crippen LogP contribution is 2.04. The van der Waals surface area contributed by atoms with Gasteiger partial charge in [-0.1, -0.05) is 54.6 Å². The van der Waals surface area contributed by atoms with E-state index in [1.807, 2.05) is 18.2 Å². The maximum Gasteiger partial charge on any atom is 0.115 e. The van der Waals surface area contributed by atoms with Crippen LogP contribution in [0.3, 0.4) is 0 Å². The number of phenolic OH excluding ortho intramolecular Hbond substituents is 3. The fourth-order valence-corrected chi connectivity index (χ4v) is 1.28. The molecule has 113 valence electrons. The van der Waals surface area contributed by atoms with Crippen molar-refractivity contribution in [3.63, 3.8) is 0 Å². The summed E-state index contributed by atoms with van der Waals surface area (Å²) < 4.78 is 0. The van der Waals surface area contributed by atoms with Gasteiger partial charge in [0.05, 0.1) is 0 Å². The molecule has 3 rings (SSSR count). The topological polar surface area (TPSA) is 60.7 Å². The van der Waals surface area contributed by atoms with Crippen molar-refractivity contribution < 1.29 is 15.3 Å². The Morgan fingerprint density at radius 2 is 0.545 bits per heavy atom. The molecule has 0 amide bonds. The molecule has 0 aliphatic heterocycles. The summed E-state index contributed by atoms with van der Waals surface area (Å²) in [5, 5.41) is 25.9. The number of para-hydroxylation sites is 3. The molecule has 0 unspecified atom stereocenters. The number of phenols is 3. The van der Waals surface area contributed by atoms with E-state index in [2.05, 4.69) is 0 Å². The first-order chi connectivity index (χ1) is 10.2. The first kappa shape index (κ1) is 19.5. The average Bonchev–Trinajstić information content (AvgIpc) is 2.51. The molecule has 3 aromatic carbocycles. The van der Waals surface area contributed by atoms with Crippen molar-refractivity contribution in [2.75, 3.05) is 0 Å². The van der Waals surface area contributed by atoms with E-state index in [-0.39, 0.29) is 9.90 Å². The lowest BCUT2D eigenvalue weighted by Crippen LogP contribution is -1.56. The first-order valence-corrected chi connectivity index (χ1v) is 6.40. The third-order valence-corrected chi connectivity index (χ3v) is 2.27. The van der Waals surface area contributed by atoms with Crippen molar-refractivity contribution in [1.29, 1.82) is 0 Å². The van der Waals surface area contributed by atoms with Crippen LogP contribution in [0.25, 0.3) is 0 Å². The Balaban J connectivity index is 0.000000294. The minimum Gasteiger partial charge on any atom is -0.508 e. The molecule has 0 aliphatic rings. The Morgan fingerprint density at radius 3 is 0.636 bits per heavy atom. The fraction of sp³-hybridized carbons (Fsp3) is 0. The molecule has 0 saturated heterocycles. The molecule has 0 bridgehead atoms. The number of rotatable bonds is 0. The average molecular weight is 313 g/mol. The van der Waals surface area contributed by atoms with Crippen LogP contribution in [-0.4, -0.2) is 15.3 Å². The van der Waals surface area contributed by atoms with E-state index in [1.54, 1.807) is 72.8 Å². The van der Waals surface area contributed by atoms with Gasteiger partial charge in [0.15, 0.2) is 0 Å². The van der Waals surface area contributed by atoms with Gasteiger partial charge >= 0.3 is 0 Å². The molecule has 3 radical (unpaired) electrons. The maximum atomic E-state index is 8.63. The third-order valence-electron chi connectivity index (χ3n) is 2.27. The zero-order valence-corrected chi connectivity index (χ0v) is 12.8. The molecule has 4 heteroatoms. The maximum absolute atomic E-state index is 8.63. The van der Waals surface area contributed by atoms with Gasteiger partial charge < -0.3 is 15.3 Å².